The van der Waals surface area contributed by atoms with Crippen molar-refractivity contribution in [3.05, 3.63) is 0 Å². The zero-order chi connectivity index (χ0) is 8.04. The van der Waals surface area contributed by atoms with Crippen LogP contribution in [0.1, 0.15) is 26.7 Å². The third-order valence-corrected chi connectivity index (χ3v) is 1.15. The highest BCUT2D eigenvalue weighted by Crippen LogP contribution is 2.05. The maximum Gasteiger partial charge on any atom is 0.293 e. The fraction of sp³-hybridized carbons (Fsp3) is 0.857. The summed E-state index contributed by atoms with van der Waals surface area (Å²) in [6.07, 6.45) is 1.71. The third-order valence-electron chi connectivity index (χ3n) is 1.15. The summed E-state index contributed by atoms with van der Waals surface area (Å²) in [5.74, 6) is 0. The molecule has 0 saturated carbocycles. The smallest absolute Gasteiger partial charge is 0.293 e. The van der Waals surface area contributed by atoms with Crippen LogP contribution in [0.2, 0.25) is 0 Å². The lowest BCUT2D eigenvalue weighted by atomic mass is 10.0. The summed E-state index contributed by atoms with van der Waals surface area (Å²) < 4.78 is 4.49. The number of ether oxygens (including phenoxy) is 1. The molecule has 0 aliphatic rings. The van der Waals surface area contributed by atoms with Crippen molar-refractivity contribution in [3.8, 4) is 0 Å². The number of carbonyl (C=O) groups is 1. The lowest BCUT2D eigenvalue weighted by Crippen LogP contribution is -2.31. The summed E-state index contributed by atoms with van der Waals surface area (Å²) in [6.45, 7) is 4.84. The van der Waals surface area contributed by atoms with E-state index in [1.54, 1.807) is 0 Å². The predicted octanol–water partition coefficient (Wildman–Crippen LogP) is 0.677. The standard InChI is InChI=1S/C7H15NO2/c1-7(2,8)4-3-5-10-6-9/h6H,3-5,8H2,1-2H3. The molecule has 0 aromatic heterocycles. The second-order valence-corrected chi connectivity index (χ2v) is 3.06. The first-order valence-electron chi connectivity index (χ1n) is 3.40. The Balaban J connectivity index is 3.12. The minimum absolute atomic E-state index is 0.147. The Morgan fingerprint density at radius 1 is 1.60 bits per heavy atom. The summed E-state index contributed by atoms with van der Waals surface area (Å²) in [4.78, 5) is 9.68. The Kier molecular flexibility index (Phi) is 4.03. The average Bonchev–Trinajstić information content (AvgIpc) is 1.78. The maximum atomic E-state index is 9.68. The van der Waals surface area contributed by atoms with Crippen LogP contribution >= 0.6 is 0 Å². The monoisotopic (exact) mass is 145 g/mol. The average molecular weight is 145 g/mol. The van der Waals surface area contributed by atoms with Crippen LogP contribution in [0.25, 0.3) is 0 Å². The quantitative estimate of drug-likeness (QED) is 0.457. The van der Waals surface area contributed by atoms with Crippen molar-refractivity contribution < 1.29 is 9.53 Å². The molecule has 60 valence electrons. The van der Waals surface area contributed by atoms with Crippen LogP contribution in [-0.4, -0.2) is 18.6 Å². The van der Waals surface area contributed by atoms with Crippen molar-refractivity contribution >= 4 is 6.47 Å². The molecular formula is C7H15NO2. The van der Waals surface area contributed by atoms with E-state index >= 15 is 0 Å². The minimum Gasteiger partial charge on any atom is -0.468 e. The van der Waals surface area contributed by atoms with Gasteiger partial charge in [0.25, 0.3) is 6.47 Å². The van der Waals surface area contributed by atoms with Crippen LogP contribution in [0, 0.1) is 0 Å². The van der Waals surface area contributed by atoms with Gasteiger partial charge < -0.3 is 10.5 Å². The first-order valence-corrected chi connectivity index (χ1v) is 3.40. The number of carbonyl (C=O) groups excluding carboxylic acids is 1. The minimum atomic E-state index is -0.147. The predicted molar refractivity (Wildman–Crippen MR) is 39.5 cm³/mol. The number of rotatable bonds is 5. The first-order chi connectivity index (χ1) is 4.56. The second-order valence-electron chi connectivity index (χ2n) is 3.06. The lowest BCUT2D eigenvalue weighted by Gasteiger charge is -2.17. The zero-order valence-corrected chi connectivity index (χ0v) is 6.59. The van der Waals surface area contributed by atoms with E-state index < -0.39 is 0 Å². The zero-order valence-electron chi connectivity index (χ0n) is 6.59. The van der Waals surface area contributed by atoms with Gasteiger partial charge in [-0.3, -0.25) is 4.79 Å². The molecule has 3 heteroatoms. The Morgan fingerprint density at radius 2 is 2.20 bits per heavy atom. The molecule has 2 N–H and O–H groups in total. The van der Waals surface area contributed by atoms with Gasteiger partial charge in [-0.05, 0) is 26.7 Å². The molecule has 0 saturated heterocycles. The maximum absolute atomic E-state index is 9.68. The molecule has 0 bridgehead atoms. The van der Waals surface area contributed by atoms with E-state index in [1.807, 2.05) is 13.8 Å². The summed E-state index contributed by atoms with van der Waals surface area (Å²) >= 11 is 0. The Morgan fingerprint density at radius 3 is 2.60 bits per heavy atom. The molecule has 0 aliphatic carbocycles. The van der Waals surface area contributed by atoms with E-state index in [-0.39, 0.29) is 5.54 Å². The van der Waals surface area contributed by atoms with Gasteiger partial charge in [-0.2, -0.15) is 0 Å². The SMILES string of the molecule is CC(C)(N)CCCOC=O. The highest BCUT2D eigenvalue weighted by Gasteiger charge is 2.08. The van der Waals surface area contributed by atoms with Crippen LogP contribution in [0.5, 0.6) is 0 Å². The van der Waals surface area contributed by atoms with E-state index in [4.69, 9.17) is 5.73 Å². The molecule has 0 atom stereocenters. The summed E-state index contributed by atoms with van der Waals surface area (Å²) in [5, 5.41) is 0. The largest absolute Gasteiger partial charge is 0.468 e. The molecule has 0 aliphatic heterocycles. The van der Waals surface area contributed by atoms with E-state index in [0.29, 0.717) is 13.1 Å². The topological polar surface area (TPSA) is 52.3 Å². The molecule has 0 aromatic rings. The van der Waals surface area contributed by atoms with E-state index in [2.05, 4.69) is 4.74 Å². The van der Waals surface area contributed by atoms with Crippen LogP contribution in [0.15, 0.2) is 0 Å². The summed E-state index contributed by atoms with van der Waals surface area (Å²) in [6, 6.07) is 0. The van der Waals surface area contributed by atoms with Crippen molar-refractivity contribution in [2.45, 2.75) is 32.2 Å². The third kappa shape index (κ3) is 7.43. The molecule has 0 heterocycles. The number of hydrogen-bond donors (Lipinski definition) is 1. The van der Waals surface area contributed by atoms with Gasteiger partial charge in [-0.1, -0.05) is 0 Å². The van der Waals surface area contributed by atoms with Crippen molar-refractivity contribution in [2.24, 2.45) is 5.73 Å². The van der Waals surface area contributed by atoms with Gasteiger partial charge in [0.1, 0.15) is 0 Å². The molecule has 0 amide bonds. The second kappa shape index (κ2) is 4.28. The molecular weight excluding hydrogens is 130 g/mol. The van der Waals surface area contributed by atoms with Gasteiger partial charge in [0.15, 0.2) is 0 Å². The van der Waals surface area contributed by atoms with E-state index in [9.17, 15) is 4.79 Å². The molecule has 10 heavy (non-hydrogen) atoms. The van der Waals surface area contributed by atoms with Gasteiger partial charge in [-0.15, -0.1) is 0 Å². The van der Waals surface area contributed by atoms with Gasteiger partial charge >= 0.3 is 0 Å². The normalized spacial score (nSPS) is 11.1. The lowest BCUT2D eigenvalue weighted by molar-refractivity contribution is -0.128. The molecule has 0 unspecified atom stereocenters. The van der Waals surface area contributed by atoms with Gasteiger partial charge in [0.2, 0.25) is 0 Å². The van der Waals surface area contributed by atoms with Crippen molar-refractivity contribution in [1.29, 1.82) is 0 Å². The van der Waals surface area contributed by atoms with Crippen LogP contribution < -0.4 is 5.73 Å². The van der Waals surface area contributed by atoms with Crippen LogP contribution in [0.4, 0.5) is 0 Å². The Hall–Kier alpha value is -0.570. The fourth-order valence-electron chi connectivity index (χ4n) is 0.659. The molecule has 3 nitrogen and oxygen atoms in total. The molecule has 0 fully saturated rings. The fourth-order valence-corrected chi connectivity index (χ4v) is 0.659. The summed E-state index contributed by atoms with van der Waals surface area (Å²) in [5.41, 5.74) is 5.53. The summed E-state index contributed by atoms with van der Waals surface area (Å²) in [7, 11) is 0. The molecule has 0 radical (unpaired) electrons. The van der Waals surface area contributed by atoms with E-state index in [0.717, 1.165) is 12.8 Å². The Labute approximate surface area is 61.5 Å². The van der Waals surface area contributed by atoms with Gasteiger partial charge in [0, 0.05) is 5.54 Å². The highest BCUT2D eigenvalue weighted by molar-refractivity contribution is 5.36. The van der Waals surface area contributed by atoms with Crippen LogP contribution in [-0.2, 0) is 9.53 Å². The number of hydrogen-bond acceptors (Lipinski definition) is 3. The number of nitrogens with two attached hydrogens (primary N) is 1. The van der Waals surface area contributed by atoms with Crippen molar-refractivity contribution in [1.82, 2.24) is 0 Å². The molecule has 0 rings (SSSR count). The van der Waals surface area contributed by atoms with Crippen LogP contribution in [0.3, 0.4) is 0 Å². The Bertz CT molecular complexity index is 96.3. The molecule has 0 aromatic carbocycles. The van der Waals surface area contributed by atoms with Gasteiger partial charge in [-0.25, -0.2) is 0 Å². The first kappa shape index (κ1) is 9.43. The van der Waals surface area contributed by atoms with E-state index in [1.165, 1.54) is 0 Å². The van der Waals surface area contributed by atoms with Crippen molar-refractivity contribution in [2.75, 3.05) is 6.61 Å². The van der Waals surface area contributed by atoms with Crippen molar-refractivity contribution in [3.63, 3.8) is 0 Å². The highest BCUT2D eigenvalue weighted by atomic mass is 16.5. The van der Waals surface area contributed by atoms with Gasteiger partial charge in [0.05, 0.1) is 6.61 Å². The molecule has 0 spiro atoms.